The van der Waals surface area contributed by atoms with E-state index in [0.717, 1.165) is 10.1 Å². The zero-order chi connectivity index (χ0) is 16.5. The van der Waals surface area contributed by atoms with Crippen LogP contribution >= 0.6 is 0 Å². The standard InChI is InChI=1S/C16H20N2O4/c1-6-21-14(19)12-8-11-7-10(2)9-17-13(11)18(12)15(20)22-16(3,4)5/h7-9H,6H2,1-5H3. The lowest BCUT2D eigenvalue weighted by molar-refractivity contribution is 0.0453. The van der Waals surface area contributed by atoms with Crippen molar-refractivity contribution in [3.05, 3.63) is 29.6 Å². The van der Waals surface area contributed by atoms with Crippen LogP contribution in [0.5, 0.6) is 0 Å². The molecule has 2 aromatic rings. The van der Waals surface area contributed by atoms with E-state index in [1.165, 1.54) is 0 Å². The molecular weight excluding hydrogens is 284 g/mol. The van der Waals surface area contributed by atoms with Gasteiger partial charge in [-0.05, 0) is 52.3 Å². The molecule has 0 saturated heterocycles. The lowest BCUT2D eigenvalue weighted by Gasteiger charge is -2.20. The highest BCUT2D eigenvalue weighted by atomic mass is 16.6. The lowest BCUT2D eigenvalue weighted by atomic mass is 10.2. The van der Waals surface area contributed by atoms with Crippen LogP contribution in [-0.2, 0) is 9.47 Å². The van der Waals surface area contributed by atoms with Crippen molar-refractivity contribution in [2.24, 2.45) is 0 Å². The van der Waals surface area contributed by atoms with Crippen LogP contribution in [-0.4, -0.2) is 33.8 Å². The monoisotopic (exact) mass is 304 g/mol. The summed E-state index contributed by atoms with van der Waals surface area (Å²) in [5, 5.41) is 0.689. The molecule has 0 fully saturated rings. The Hall–Kier alpha value is -2.37. The number of ether oxygens (including phenoxy) is 2. The van der Waals surface area contributed by atoms with E-state index in [1.54, 1.807) is 40.0 Å². The van der Waals surface area contributed by atoms with Crippen LogP contribution in [0.2, 0.25) is 0 Å². The van der Waals surface area contributed by atoms with Crippen LogP contribution in [0.25, 0.3) is 11.0 Å². The molecule has 0 bridgehead atoms. The van der Waals surface area contributed by atoms with Crippen LogP contribution in [0, 0.1) is 6.92 Å². The van der Waals surface area contributed by atoms with Gasteiger partial charge in [-0.25, -0.2) is 19.1 Å². The van der Waals surface area contributed by atoms with Crippen molar-refractivity contribution in [2.75, 3.05) is 6.61 Å². The summed E-state index contributed by atoms with van der Waals surface area (Å²) in [7, 11) is 0. The highest BCUT2D eigenvalue weighted by Crippen LogP contribution is 2.22. The van der Waals surface area contributed by atoms with Crippen LogP contribution in [0.4, 0.5) is 4.79 Å². The molecule has 0 amide bonds. The van der Waals surface area contributed by atoms with Gasteiger partial charge >= 0.3 is 12.1 Å². The van der Waals surface area contributed by atoms with Gasteiger partial charge in [-0.1, -0.05) is 0 Å². The average molecular weight is 304 g/mol. The SMILES string of the molecule is CCOC(=O)c1cc2cc(C)cnc2n1C(=O)OC(C)(C)C. The maximum Gasteiger partial charge on any atom is 0.420 e. The molecule has 0 N–H and O–H groups in total. The first kappa shape index (κ1) is 16.0. The summed E-state index contributed by atoms with van der Waals surface area (Å²) < 4.78 is 11.5. The molecule has 0 aliphatic heterocycles. The lowest BCUT2D eigenvalue weighted by Crippen LogP contribution is -2.29. The van der Waals surface area contributed by atoms with Gasteiger partial charge in [-0.2, -0.15) is 0 Å². The summed E-state index contributed by atoms with van der Waals surface area (Å²) in [6, 6.07) is 3.45. The number of aryl methyl sites for hydroxylation is 1. The van der Waals surface area contributed by atoms with E-state index < -0.39 is 17.7 Å². The molecule has 0 saturated carbocycles. The van der Waals surface area contributed by atoms with Crippen molar-refractivity contribution in [1.29, 1.82) is 0 Å². The summed E-state index contributed by atoms with van der Waals surface area (Å²) in [6.07, 6.45) is 0.986. The minimum absolute atomic E-state index is 0.115. The van der Waals surface area contributed by atoms with Crippen LogP contribution in [0.15, 0.2) is 18.3 Å². The molecule has 0 radical (unpaired) electrons. The number of nitrogens with zero attached hydrogens (tertiary/aromatic N) is 2. The number of carbonyl (C=O) groups excluding carboxylic acids is 2. The Morgan fingerprint density at radius 1 is 1.27 bits per heavy atom. The highest BCUT2D eigenvalue weighted by Gasteiger charge is 2.26. The number of carbonyl (C=O) groups is 2. The second kappa shape index (κ2) is 5.79. The number of rotatable bonds is 2. The normalized spacial score (nSPS) is 11.5. The third-order valence-electron chi connectivity index (χ3n) is 2.84. The van der Waals surface area contributed by atoms with E-state index in [4.69, 9.17) is 9.47 Å². The van der Waals surface area contributed by atoms with Crippen molar-refractivity contribution >= 4 is 23.1 Å². The van der Waals surface area contributed by atoms with E-state index in [-0.39, 0.29) is 12.3 Å². The third kappa shape index (κ3) is 3.27. The second-order valence-corrected chi connectivity index (χ2v) is 5.99. The second-order valence-electron chi connectivity index (χ2n) is 5.99. The Morgan fingerprint density at radius 3 is 2.55 bits per heavy atom. The molecular formula is C16H20N2O4. The first-order valence-electron chi connectivity index (χ1n) is 7.11. The third-order valence-corrected chi connectivity index (χ3v) is 2.84. The average Bonchev–Trinajstić information content (AvgIpc) is 2.75. The maximum atomic E-state index is 12.4. The zero-order valence-corrected chi connectivity index (χ0v) is 13.5. The molecule has 0 atom stereocenters. The van der Waals surface area contributed by atoms with E-state index >= 15 is 0 Å². The van der Waals surface area contributed by atoms with Crippen LogP contribution in [0.3, 0.4) is 0 Å². The minimum atomic E-state index is -0.676. The van der Waals surface area contributed by atoms with Crippen LogP contribution in [0.1, 0.15) is 43.7 Å². The highest BCUT2D eigenvalue weighted by molar-refractivity contribution is 6.00. The molecule has 2 heterocycles. The Bertz CT molecular complexity index is 726. The van der Waals surface area contributed by atoms with Crippen molar-refractivity contribution in [1.82, 2.24) is 9.55 Å². The van der Waals surface area contributed by atoms with Crippen molar-refractivity contribution in [2.45, 2.75) is 40.2 Å². The van der Waals surface area contributed by atoms with Gasteiger partial charge in [0.25, 0.3) is 0 Å². The molecule has 6 heteroatoms. The molecule has 118 valence electrons. The number of esters is 1. The van der Waals surface area contributed by atoms with E-state index in [9.17, 15) is 9.59 Å². The van der Waals surface area contributed by atoms with Crippen molar-refractivity contribution < 1.29 is 19.1 Å². The summed E-state index contributed by atoms with van der Waals surface area (Å²) in [5.74, 6) is -0.580. The molecule has 2 aromatic heterocycles. The smallest absolute Gasteiger partial charge is 0.420 e. The Balaban J connectivity index is 2.59. The Labute approximate surface area is 129 Å². The molecule has 0 aromatic carbocycles. The van der Waals surface area contributed by atoms with E-state index in [1.807, 2.05) is 13.0 Å². The van der Waals surface area contributed by atoms with Gasteiger partial charge in [0.2, 0.25) is 0 Å². The number of pyridine rings is 1. The fourth-order valence-electron chi connectivity index (χ4n) is 2.05. The fourth-order valence-corrected chi connectivity index (χ4v) is 2.05. The topological polar surface area (TPSA) is 70.4 Å². The van der Waals surface area contributed by atoms with Gasteiger partial charge in [0.15, 0.2) is 0 Å². The number of hydrogen-bond acceptors (Lipinski definition) is 5. The summed E-state index contributed by atoms with van der Waals surface area (Å²) in [4.78, 5) is 28.8. The molecule has 2 rings (SSSR count). The number of aromatic nitrogens is 2. The first-order chi connectivity index (χ1) is 10.2. The predicted molar refractivity (Wildman–Crippen MR) is 82.1 cm³/mol. The van der Waals surface area contributed by atoms with Gasteiger partial charge in [0.05, 0.1) is 6.61 Å². The predicted octanol–water partition coefficient (Wildman–Crippen LogP) is 3.30. The van der Waals surface area contributed by atoms with Crippen molar-refractivity contribution in [3.63, 3.8) is 0 Å². The van der Waals surface area contributed by atoms with Gasteiger partial charge in [0, 0.05) is 11.6 Å². The number of fused-ring (bicyclic) bond motifs is 1. The molecule has 0 spiro atoms. The molecule has 22 heavy (non-hydrogen) atoms. The summed E-state index contributed by atoms with van der Waals surface area (Å²) in [5.41, 5.74) is 0.751. The van der Waals surface area contributed by atoms with Gasteiger partial charge in [-0.15, -0.1) is 0 Å². The van der Waals surface area contributed by atoms with Crippen LogP contribution < -0.4 is 0 Å². The molecule has 0 unspecified atom stereocenters. The van der Waals surface area contributed by atoms with Gasteiger partial charge in [0.1, 0.15) is 16.9 Å². The zero-order valence-electron chi connectivity index (χ0n) is 13.5. The Kier molecular flexibility index (Phi) is 4.21. The van der Waals surface area contributed by atoms with Gasteiger partial charge in [-0.3, -0.25) is 0 Å². The molecule has 0 aliphatic rings. The largest absolute Gasteiger partial charge is 0.461 e. The fraction of sp³-hybridized carbons (Fsp3) is 0.438. The quantitative estimate of drug-likeness (QED) is 0.796. The number of hydrogen-bond donors (Lipinski definition) is 0. The Morgan fingerprint density at radius 2 is 1.95 bits per heavy atom. The van der Waals surface area contributed by atoms with Gasteiger partial charge < -0.3 is 9.47 Å². The summed E-state index contributed by atoms with van der Waals surface area (Å²) >= 11 is 0. The summed E-state index contributed by atoms with van der Waals surface area (Å²) in [6.45, 7) is 9.11. The van der Waals surface area contributed by atoms with Crippen molar-refractivity contribution in [3.8, 4) is 0 Å². The van der Waals surface area contributed by atoms with E-state index in [2.05, 4.69) is 4.98 Å². The molecule has 6 nitrogen and oxygen atoms in total. The maximum absolute atomic E-state index is 12.4. The minimum Gasteiger partial charge on any atom is -0.461 e. The molecule has 0 aliphatic carbocycles. The van der Waals surface area contributed by atoms with E-state index in [0.29, 0.717) is 11.0 Å². The first-order valence-corrected chi connectivity index (χ1v) is 7.11.